The number of benzene rings is 1. The molecule has 0 atom stereocenters. The first-order chi connectivity index (χ1) is 10.7. The van der Waals surface area contributed by atoms with Crippen LogP contribution in [-0.2, 0) is 9.84 Å². The molecule has 0 spiro atoms. The summed E-state index contributed by atoms with van der Waals surface area (Å²) < 4.78 is 24.1. The smallest absolute Gasteiger partial charge is 0.275 e. The van der Waals surface area contributed by atoms with Crippen molar-refractivity contribution < 1.29 is 13.2 Å². The van der Waals surface area contributed by atoms with Gasteiger partial charge in [0.1, 0.15) is 5.69 Å². The van der Waals surface area contributed by atoms with E-state index in [4.69, 9.17) is 0 Å². The molecule has 6 nitrogen and oxygen atoms in total. The fourth-order valence-corrected chi connectivity index (χ4v) is 3.00. The summed E-state index contributed by atoms with van der Waals surface area (Å²) in [7, 11) is -3.58. The molecular weight excluding hydrogens is 382 g/mol. The van der Waals surface area contributed by atoms with E-state index in [0.717, 1.165) is 11.1 Å². The predicted octanol–water partition coefficient (Wildman–Crippen LogP) is 2.90. The molecule has 23 heavy (non-hydrogen) atoms. The number of sulfone groups is 1. The van der Waals surface area contributed by atoms with Crippen molar-refractivity contribution in [2.45, 2.75) is 25.9 Å². The minimum absolute atomic E-state index is 0.0213. The second-order valence-corrected chi connectivity index (χ2v) is 8.05. The Morgan fingerprint density at radius 3 is 2.61 bits per heavy atom. The van der Waals surface area contributed by atoms with Gasteiger partial charge in [0.25, 0.3) is 5.91 Å². The maximum atomic E-state index is 12.4. The van der Waals surface area contributed by atoms with Gasteiger partial charge in [-0.05, 0) is 41.4 Å². The third kappa shape index (κ3) is 3.94. The van der Waals surface area contributed by atoms with Crippen molar-refractivity contribution in [3.63, 3.8) is 0 Å². The van der Waals surface area contributed by atoms with E-state index >= 15 is 0 Å². The molecule has 0 unspecified atom stereocenters. The molecule has 0 aliphatic heterocycles. The fourth-order valence-electron chi connectivity index (χ4n) is 1.92. The number of carbonyl (C=O) groups is 1. The molecule has 1 aromatic heterocycles. The van der Waals surface area contributed by atoms with Crippen molar-refractivity contribution in [1.82, 2.24) is 9.97 Å². The first-order valence-corrected chi connectivity index (χ1v) is 9.33. The van der Waals surface area contributed by atoms with Crippen molar-refractivity contribution in [3.05, 3.63) is 45.7 Å². The Morgan fingerprint density at radius 2 is 2.00 bits per heavy atom. The Balaban J connectivity index is 2.37. The lowest BCUT2D eigenvalue weighted by atomic mass is 10.1. The first-order valence-electron chi connectivity index (χ1n) is 6.88. The number of aryl methyl sites for hydroxylation is 2. The number of aromatic nitrogens is 2. The van der Waals surface area contributed by atoms with Crippen LogP contribution in [0.2, 0.25) is 0 Å². The van der Waals surface area contributed by atoms with E-state index in [-0.39, 0.29) is 16.6 Å². The minimum atomic E-state index is -3.58. The Labute approximate surface area is 143 Å². The second-order valence-electron chi connectivity index (χ2n) is 5.03. The highest BCUT2D eigenvalue weighted by atomic mass is 79.9. The van der Waals surface area contributed by atoms with Crippen LogP contribution in [0, 0.1) is 13.8 Å². The summed E-state index contributed by atoms with van der Waals surface area (Å²) in [6.07, 6.45) is 1.27. The van der Waals surface area contributed by atoms with Crippen LogP contribution in [-0.4, -0.2) is 30.0 Å². The van der Waals surface area contributed by atoms with Gasteiger partial charge in [-0.1, -0.05) is 24.6 Å². The SMILES string of the molecule is CCS(=O)(=O)c1ncc(Br)c(C(=O)Nc2ccc(C)cc2C)n1. The van der Waals surface area contributed by atoms with Gasteiger partial charge in [-0.2, -0.15) is 0 Å². The summed E-state index contributed by atoms with van der Waals surface area (Å²) in [6, 6.07) is 5.61. The summed E-state index contributed by atoms with van der Waals surface area (Å²) in [6.45, 7) is 5.34. The highest BCUT2D eigenvalue weighted by Gasteiger charge is 2.21. The topological polar surface area (TPSA) is 89.0 Å². The maximum absolute atomic E-state index is 12.4. The van der Waals surface area contributed by atoms with Crippen LogP contribution < -0.4 is 5.32 Å². The van der Waals surface area contributed by atoms with E-state index in [1.165, 1.54) is 13.1 Å². The van der Waals surface area contributed by atoms with Crippen molar-refractivity contribution >= 4 is 37.4 Å². The monoisotopic (exact) mass is 397 g/mol. The van der Waals surface area contributed by atoms with Crippen molar-refractivity contribution in [2.24, 2.45) is 0 Å². The van der Waals surface area contributed by atoms with Gasteiger partial charge in [0, 0.05) is 11.9 Å². The van der Waals surface area contributed by atoms with E-state index in [0.29, 0.717) is 10.2 Å². The zero-order valence-electron chi connectivity index (χ0n) is 12.9. The van der Waals surface area contributed by atoms with Gasteiger partial charge in [-0.3, -0.25) is 4.79 Å². The van der Waals surface area contributed by atoms with E-state index in [2.05, 4.69) is 31.2 Å². The van der Waals surface area contributed by atoms with Gasteiger partial charge in [0.15, 0.2) is 0 Å². The second kappa shape index (κ2) is 6.76. The van der Waals surface area contributed by atoms with Crippen LogP contribution in [0.15, 0.2) is 34.0 Å². The highest BCUT2D eigenvalue weighted by molar-refractivity contribution is 9.10. The molecule has 0 saturated heterocycles. The lowest BCUT2D eigenvalue weighted by Crippen LogP contribution is -2.18. The average Bonchev–Trinajstić information content (AvgIpc) is 2.50. The third-order valence-electron chi connectivity index (χ3n) is 3.23. The minimum Gasteiger partial charge on any atom is -0.320 e. The average molecular weight is 398 g/mol. The molecule has 0 saturated carbocycles. The van der Waals surface area contributed by atoms with Crippen LogP contribution in [0.1, 0.15) is 28.5 Å². The molecule has 1 aromatic carbocycles. The number of anilines is 1. The van der Waals surface area contributed by atoms with E-state index in [1.807, 2.05) is 26.0 Å². The van der Waals surface area contributed by atoms with Gasteiger partial charge in [-0.15, -0.1) is 0 Å². The normalized spacial score (nSPS) is 11.3. The Morgan fingerprint density at radius 1 is 1.30 bits per heavy atom. The molecule has 8 heteroatoms. The molecule has 122 valence electrons. The van der Waals surface area contributed by atoms with Gasteiger partial charge >= 0.3 is 0 Å². The number of hydrogen-bond acceptors (Lipinski definition) is 5. The molecule has 1 N–H and O–H groups in total. The first kappa shape index (κ1) is 17.6. The van der Waals surface area contributed by atoms with Crippen molar-refractivity contribution in [2.75, 3.05) is 11.1 Å². The predicted molar refractivity (Wildman–Crippen MR) is 91.3 cm³/mol. The van der Waals surface area contributed by atoms with Crippen LogP contribution in [0.3, 0.4) is 0 Å². The van der Waals surface area contributed by atoms with Crippen molar-refractivity contribution in [3.8, 4) is 0 Å². The largest absolute Gasteiger partial charge is 0.320 e. The third-order valence-corrected chi connectivity index (χ3v) is 5.32. The molecular formula is C15H16BrN3O3S. The van der Waals surface area contributed by atoms with Gasteiger partial charge in [0.05, 0.1) is 10.2 Å². The quantitative estimate of drug-likeness (QED) is 0.800. The number of carbonyl (C=O) groups excluding carboxylic acids is 1. The van der Waals surface area contributed by atoms with Gasteiger partial charge in [0.2, 0.25) is 15.0 Å². The summed E-state index contributed by atoms with van der Waals surface area (Å²) in [5.74, 6) is -0.633. The number of halogens is 1. The van der Waals surface area contributed by atoms with E-state index < -0.39 is 15.7 Å². The van der Waals surface area contributed by atoms with Crippen molar-refractivity contribution in [1.29, 1.82) is 0 Å². The summed E-state index contributed by atoms with van der Waals surface area (Å²) in [4.78, 5) is 20.1. The molecule has 1 amide bonds. The number of nitrogens with one attached hydrogen (secondary N) is 1. The van der Waals surface area contributed by atoms with E-state index in [9.17, 15) is 13.2 Å². The molecule has 0 aliphatic rings. The standard InChI is InChI=1S/C15H16BrN3O3S/c1-4-23(21,22)15-17-8-11(16)13(19-15)14(20)18-12-6-5-9(2)7-10(12)3/h5-8H,4H2,1-3H3,(H,18,20). The lowest BCUT2D eigenvalue weighted by Gasteiger charge is -2.10. The van der Waals surface area contributed by atoms with Gasteiger partial charge in [-0.25, -0.2) is 18.4 Å². The maximum Gasteiger partial charge on any atom is 0.275 e. The highest BCUT2D eigenvalue weighted by Crippen LogP contribution is 2.20. The molecule has 1 heterocycles. The van der Waals surface area contributed by atoms with Crippen LogP contribution in [0.4, 0.5) is 5.69 Å². The number of rotatable bonds is 4. The summed E-state index contributed by atoms with van der Waals surface area (Å²) >= 11 is 3.18. The summed E-state index contributed by atoms with van der Waals surface area (Å²) in [5.41, 5.74) is 2.61. The zero-order valence-corrected chi connectivity index (χ0v) is 15.3. The molecule has 0 aliphatic carbocycles. The zero-order chi connectivity index (χ0) is 17.2. The number of hydrogen-bond donors (Lipinski definition) is 1. The van der Waals surface area contributed by atoms with E-state index in [1.54, 1.807) is 6.07 Å². The summed E-state index contributed by atoms with van der Waals surface area (Å²) in [5, 5.41) is 2.38. The molecule has 0 radical (unpaired) electrons. The Hall–Kier alpha value is -1.80. The van der Waals surface area contributed by atoms with Crippen LogP contribution in [0.25, 0.3) is 0 Å². The molecule has 0 bridgehead atoms. The fraction of sp³-hybridized carbons (Fsp3) is 0.267. The Kier molecular flexibility index (Phi) is 5.16. The molecule has 2 aromatic rings. The van der Waals surface area contributed by atoms with Crippen LogP contribution in [0.5, 0.6) is 0 Å². The molecule has 2 rings (SSSR count). The van der Waals surface area contributed by atoms with Gasteiger partial charge < -0.3 is 5.32 Å². The molecule has 0 fully saturated rings. The van der Waals surface area contributed by atoms with Crippen LogP contribution >= 0.6 is 15.9 Å². The Bertz CT molecular complexity index is 866. The lowest BCUT2D eigenvalue weighted by molar-refractivity contribution is 0.102. The number of nitrogens with zero attached hydrogens (tertiary/aromatic N) is 2. The number of amides is 1.